The zero-order valence-electron chi connectivity index (χ0n) is 12.9. The Balaban J connectivity index is 1.81. The number of carbonyl (C=O) groups excluding carboxylic acids is 2. The summed E-state index contributed by atoms with van der Waals surface area (Å²) in [4.78, 5) is 25.6. The Bertz CT molecular complexity index is 774. The van der Waals surface area contributed by atoms with Gasteiger partial charge in [-0.1, -0.05) is 0 Å². The molecule has 1 aromatic carbocycles. The van der Waals surface area contributed by atoms with Gasteiger partial charge in [0.15, 0.2) is 15.9 Å². The predicted octanol–water partition coefficient (Wildman–Crippen LogP) is 0.665. The quantitative estimate of drug-likeness (QED) is 0.855. The monoisotopic (exact) mass is 338 g/mol. The molecule has 0 aromatic heterocycles. The van der Waals surface area contributed by atoms with Crippen LogP contribution in [0.4, 0.5) is 5.69 Å². The Kier molecular flexibility index (Phi) is 3.79. The van der Waals surface area contributed by atoms with Crippen molar-refractivity contribution in [2.75, 3.05) is 23.9 Å². The van der Waals surface area contributed by atoms with Crippen molar-refractivity contribution in [1.29, 1.82) is 0 Å². The number of hydrogen-bond acceptors (Lipinski definition) is 5. The number of hydrogen-bond donors (Lipinski definition) is 1. The molecule has 3 rings (SSSR count). The molecule has 8 heteroatoms. The van der Waals surface area contributed by atoms with Gasteiger partial charge in [-0.25, -0.2) is 8.42 Å². The van der Waals surface area contributed by atoms with Gasteiger partial charge in [-0.3, -0.25) is 9.59 Å². The number of fused-ring (bicyclic) bond motifs is 1. The van der Waals surface area contributed by atoms with Crippen molar-refractivity contribution in [3.8, 4) is 5.75 Å². The molecule has 1 fully saturated rings. The lowest BCUT2D eigenvalue weighted by molar-refractivity contribution is -0.122. The number of nitrogens with one attached hydrogen (secondary N) is 1. The highest BCUT2D eigenvalue weighted by Gasteiger charge is 2.33. The van der Waals surface area contributed by atoms with E-state index in [2.05, 4.69) is 5.32 Å². The molecule has 2 aliphatic rings. The standard InChI is InChI=1S/C15H18N2O5S/c1-9-14(18)16-12-4-3-10(7-13(12)22-9)15(19)17(2)11-5-6-23(20,21)8-11/h3-4,7,9,11H,5-6,8H2,1-2H3,(H,16,18). The highest BCUT2D eigenvalue weighted by atomic mass is 32.2. The molecule has 2 amide bonds. The van der Waals surface area contributed by atoms with Crippen LogP contribution in [0.1, 0.15) is 23.7 Å². The number of anilines is 1. The minimum Gasteiger partial charge on any atom is -0.479 e. The van der Waals surface area contributed by atoms with Crippen LogP contribution in [-0.2, 0) is 14.6 Å². The van der Waals surface area contributed by atoms with Crippen LogP contribution in [0, 0.1) is 0 Å². The van der Waals surface area contributed by atoms with Crippen molar-refractivity contribution >= 4 is 27.3 Å². The molecule has 0 saturated carbocycles. The number of rotatable bonds is 2. The van der Waals surface area contributed by atoms with Gasteiger partial charge in [0.05, 0.1) is 17.2 Å². The number of ether oxygens (including phenoxy) is 1. The SMILES string of the molecule is CC1Oc2cc(C(=O)N(C)C3CCS(=O)(=O)C3)ccc2NC1=O. The third kappa shape index (κ3) is 3.03. The summed E-state index contributed by atoms with van der Waals surface area (Å²) in [7, 11) is -1.44. The smallest absolute Gasteiger partial charge is 0.265 e. The van der Waals surface area contributed by atoms with E-state index in [1.807, 2.05) is 0 Å². The number of sulfone groups is 1. The van der Waals surface area contributed by atoms with E-state index in [9.17, 15) is 18.0 Å². The second kappa shape index (κ2) is 5.52. The molecule has 124 valence electrons. The lowest BCUT2D eigenvalue weighted by Crippen LogP contribution is -2.38. The number of amides is 2. The topological polar surface area (TPSA) is 92.8 Å². The van der Waals surface area contributed by atoms with Crippen LogP contribution in [0.5, 0.6) is 5.75 Å². The Morgan fingerprint density at radius 3 is 2.78 bits per heavy atom. The summed E-state index contributed by atoms with van der Waals surface area (Å²) < 4.78 is 28.6. The lowest BCUT2D eigenvalue weighted by Gasteiger charge is -2.26. The van der Waals surface area contributed by atoms with Crippen LogP contribution in [0.3, 0.4) is 0 Å². The van der Waals surface area contributed by atoms with Crippen LogP contribution in [0.2, 0.25) is 0 Å². The second-order valence-corrected chi connectivity index (χ2v) is 8.16. The fourth-order valence-electron chi connectivity index (χ4n) is 2.78. The van der Waals surface area contributed by atoms with Gasteiger partial charge in [0.25, 0.3) is 11.8 Å². The summed E-state index contributed by atoms with van der Waals surface area (Å²) in [5, 5.41) is 2.70. The van der Waals surface area contributed by atoms with Crippen molar-refractivity contribution in [3.63, 3.8) is 0 Å². The van der Waals surface area contributed by atoms with E-state index < -0.39 is 15.9 Å². The summed E-state index contributed by atoms with van der Waals surface area (Å²) in [6.07, 6.45) is -0.162. The Morgan fingerprint density at radius 2 is 2.13 bits per heavy atom. The van der Waals surface area contributed by atoms with Gasteiger partial charge in [0.1, 0.15) is 5.75 Å². The summed E-state index contributed by atoms with van der Waals surface area (Å²) >= 11 is 0. The van der Waals surface area contributed by atoms with Gasteiger partial charge in [-0.2, -0.15) is 0 Å². The van der Waals surface area contributed by atoms with E-state index in [-0.39, 0.29) is 29.4 Å². The molecule has 0 aliphatic carbocycles. The molecule has 2 heterocycles. The number of benzene rings is 1. The number of nitrogens with zero attached hydrogens (tertiary/aromatic N) is 1. The molecular weight excluding hydrogens is 320 g/mol. The Labute approximate surface area is 134 Å². The minimum absolute atomic E-state index is 0.00374. The van der Waals surface area contributed by atoms with Crippen molar-refractivity contribution in [1.82, 2.24) is 4.90 Å². The van der Waals surface area contributed by atoms with Gasteiger partial charge in [0, 0.05) is 18.7 Å². The van der Waals surface area contributed by atoms with Crippen LogP contribution in [0.25, 0.3) is 0 Å². The van der Waals surface area contributed by atoms with Gasteiger partial charge in [-0.15, -0.1) is 0 Å². The molecule has 2 aliphatic heterocycles. The first-order valence-corrected chi connectivity index (χ1v) is 9.18. The number of carbonyl (C=O) groups is 2. The largest absolute Gasteiger partial charge is 0.479 e. The predicted molar refractivity (Wildman–Crippen MR) is 84.3 cm³/mol. The van der Waals surface area contributed by atoms with Gasteiger partial charge in [-0.05, 0) is 31.5 Å². The fraction of sp³-hybridized carbons (Fsp3) is 0.467. The summed E-state index contributed by atoms with van der Waals surface area (Å²) in [5.41, 5.74) is 0.926. The normalized spacial score (nSPS) is 25.2. The summed E-state index contributed by atoms with van der Waals surface area (Å²) in [6.45, 7) is 1.63. The average Bonchev–Trinajstić information content (AvgIpc) is 2.86. The van der Waals surface area contributed by atoms with Gasteiger partial charge < -0.3 is 15.0 Å². The van der Waals surface area contributed by atoms with Crippen molar-refractivity contribution in [2.45, 2.75) is 25.5 Å². The highest BCUT2D eigenvalue weighted by Crippen LogP contribution is 2.31. The molecule has 1 aromatic rings. The van der Waals surface area contributed by atoms with E-state index in [0.717, 1.165) is 0 Å². The van der Waals surface area contributed by atoms with Crippen LogP contribution in [0.15, 0.2) is 18.2 Å². The molecular formula is C15H18N2O5S. The lowest BCUT2D eigenvalue weighted by atomic mass is 10.1. The van der Waals surface area contributed by atoms with E-state index in [1.54, 1.807) is 32.2 Å². The molecule has 0 radical (unpaired) electrons. The van der Waals surface area contributed by atoms with Crippen molar-refractivity contribution in [2.24, 2.45) is 0 Å². The summed E-state index contributed by atoms with van der Waals surface area (Å²) in [6, 6.07) is 4.49. The molecule has 1 N–H and O–H groups in total. The van der Waals surface area contributed by atoms with Crippen molar-refractivity contribution < 1.29 is 22.7 Å². The highest BCUT2D eigenvalue weighted by molar-refractivity contribution is 7.91. The fourth-order valence-corrected chi connectivity index (χ4v) is 4.56. The van der Waals surface area contributed by atoms with Crippen molar-refractivity contribution in [3.05, 3.63) is 23.8 Å². The molecule has 0 spiro atoms. The zero-order chi connectivity index (χ0) is 16.8. The Hall–Kier alpha value is -2.09. The third-order valence-corrected chi connectivity index (χ3v) is 5.99. The van der Waals surface area contributed by atoms with Gasteiger partial charge in [0.2, 0.25) is 0 Å². The first-order chi connectivity index (χ1) is 10.8. The first-order valence-electron chi connectivity index (χ1n) is 7.36. The summed E-state index contributed by atoms with van der Waals surface area (Å²) in [5.74, 6) is 0.0684. The van der Waals surface area contributed by atoms with Crippen LogP contribution >= 0.6 is 0 Å². The second-order valence-electron chi connectivity index (χ2n) is 5.93. The van der Waals surface area contributed by atoms with E-state index >= 15 is 0 Å². The van der Waals surface area contributed by atoms with Crippen LogP contribution in [-0.4, -0.2) is 55.8 Å². The van der Waals surface area contributed by atoms with E-state index in [4.69, 9.17) is 4.74 Å². The van der Waals surface area contributed by atoms with E-state index in [0.29, 0.717) is 23.4 Å². The molecule has 7 nitrogen and oxygen atoms in total. The molecule has 2 atom stereocenters. The average molecular weight is 338 g/mol. The Morgan fingerprint density at radius 1 is 1.39 bits per heavy atom. The van der Waals surface area contributed by atoms with Gasteiger partial charge >= 0.3 is 0 Å². The first kappa shape index (κ1) is 15.8. The molecule has 23 heavy (non-hydrogen) atoms. The van der Waals surface area contributed by atoms with E-state index in [1.165, 1.54) is 4.90 Å². The maximum Gasteiger partial charge on any atom is 0.265 e. The zero-order valence-corrected chi connectivity index (χ0v) is 13.7. The molecule has 0 bridgehead atoms. The van der Waals surface area contributed by atoms with Crippen LogP contribution < -0.4 is 10.1 Å². The third-order valence-electron chi connectivity index (χ3n) is 4.24. The maximum atomic E-state index is 12.6. The molecule has 1 saturated heterocycles. The minimum atomic E-state index is -3.05. The maximum absolute atomic E-state index is 12.6. The molecule has 2 unspecified atom stereocenters.